The molecule has 1 unspecified atom stereocenters. The van der Waals surface area contributed by atoms with Crippen LogP contribution in [0.4, 0.5) is 5.69 Å². The van der Waals surface area contributed by atoms with Crippen LogP contribution >= 0.6 is 0 Å². The van der Waals surface area contributed by atoms with E-state index in [9.17, 15) is 37.2 Å². The summed E-state index contributed by atoms with van der Waals surface area (Å²) < 4.78 is 41.6. The topological polar surface area (TPSA) is 215 Å². The van der Waals surface area contributed by atoms with Gasteiger partial charge in [-0.25, -0.2) is 0 Å². The van der Waals surface area contributed by atoms with E-state index in [0.717, 1.165) is 16.0 Å². The van der Waals surface area contributed by atoms with Gasteiger partial charge in [-0.05, 0) is 89.0 Å². The van der Waals surface area contributed by atoms with Gasteiger partial charge in [0, 0.05) is 44.0 Å². The predicted octanol–water partition coefficient (Wildman–Crippen LogP) is 3.07. The maximum absolute atomic E-state index is 13.2. The van der Waals surface area contributed by atoms with Gasteiger partial charge in [0.1, 0.15) is 18.7 Å². The Morgan fingerprint density at radius 2 is 1.52 bits per heavy atom. The molecule has 0 spiro atoms. The molecule has 2 atom stereocenters. The van der Waals surface area contributed by atoms with E-state index >= 15 is 0 Å². The molecule has 4 N–H and O–H groups in total. The highest BCUT2D eigenvalue weighted by atomic mass is 32.2. The van der Waals surface area contributed by atoms with Crippen LogP contribution in [0.3, 0.4) is 0 Å². The number of aryl methyl sites for hydroxylation is 1. The van der Waals surface area contributed by atoms with Crippen molar-refractivity contribution in [2.75, 3.05) is 30.8 Å². The SMILES string of the molecule is CC(C)C(NC(=O)CCCCCN1C(=O)C=CC1=O)C(=O)N[C@@H](C)C(=O)Nc1ccc(COC(=O)C(C)(C)C)c(CCCOCCCS(=O)(=O)O)c1. The smallest absolute Gasteiger partial charge is 0.311 e. The van der Waals surface area contributed by atoms with Crippen molar-refractivity contribution in [3.05, 3.63) is 41.5 Å². The molecule has 52 heavy (non-hydrogen) atoms. The summed E-state index contributed by atoms with van der Waals surface area (Å²) in [6.45, 7) is 11.1. The molecule has 15 nitrogen and oxygen atoms in total. The molecule has 1 aliphatic heterocycles. The van der Waals surface area contributed by atoms with E-state index in [1.54, 1.807) is 52.8 Å². The number of rotatable bonds is 22. The van der Waals surface area contributed by atoms with Gasteiger partial charge in [-0.2, -0.15) is 8.42 Å². The van der Waals surface area contributed by atoms with Gasteiger partial charge in [0.15, 0.2) is 0 Å². The molecule has 1 aromatic carbocycles. The summed E-state index contributed by atoms with van der Waals surface area (Å²) in [6.07, 6.45) is 5.46. The molecular formula is C36H54N4O11S. The van der Waals surface area contributed by atoms with Crippen LogP contribution in [0.25, 0.3) is 0 Å². The Labute approximate surface area is 306 Å². The van der Waals surface area contributed by atoms with Crippen LogP contribution in [0, 0.1) is 11.3 Å². The van der Waals surface area contributed by atoms with Crippen molar-refractivity contribution in [2.24, 2.45) is 11.3 Å². The average Bonchev–Trinajstić information content (AvgIpc) is 3.37. The van der Waals surface area contributed by atoms with Crippen LogP contribution in [0.15, 0.2) is 30.4 Å². The summed E-state index contributed by atoms with van der Waals surface area (Å²) in [5.41, 5.74) is 1.27. The van der Waals surface area contributed by atoms with Crippen molar-refractivity contribution in [1.29, 1.82) is 0 Å². The molecule has 1 aromatic rings. The van der Waals surface area contributed by atoms with Crippen LogP contribution in [-0.4, -0.2) is 91.0 Å². The molecule has 16 heteroatoms. The third kappa shape index (κ3) is 16.0. The lowest BCUT2D eigenvalue weighted by Gasteiger charge is -2.24. The zero-order chi connectivity index (χ0) is 39.1. The number of esters is 1. The van der Waals surface area contributed by atoms with Crippen LogP contribution in [0.2, 0.25) is 0 Å². The minimum absolute atomic E-state index is 0.0159. The summed E-state index contributed by atoms with van der Waals surface area (Å²) in [6, 6.07) is 3.31. The molecule has 0 saturated carbocycles. The molecule has 0 saturated heterocycles. The second kappa shape index (κ2) is 20.8. The Bertz CT molecular complexity index is 1550. The van der Waals surface area contributed by atoms with Gasteiger partial charge in [-0.3, -0.25) is 38.2 Å². The van der Waals surface area contributed by atoms with E-state index < -0.39 is 45.2 Å². The van der Waals surface area contributed by atoms with Crippen molar-refractivity contribution < 1.29 is 51.2 Å². The molecule has 0 radical (unpaired) electrons. The second-order valence-electron chi connectivity index (χ2n) is 14.1. The molecule has 1 heterocycles. The number of nitrogens with one attached hydrogen (secondary N) is 3. The zero-order valence-corrected chi connectivity index (χ0v) is 31.8. The fourth-order valence-corrected chi connectivity index (χ4v) is 5.51. The van der Waals surface area contributed by atoms with Crippen molar-refractivity contribution in [3.63, 3.8) is 0 Å². The normalized spacial score (nSPS) is 14.3. The number of unbranched alkanes of at least 4 members (excludes halogenated alkanes) is 2. The highest BCUT2D eigenvalue weighted by Gasteiger charge is 2.28. The monoisotopic (exact) mass is 750 g/mol. The van der Waals surface area contributed by atoms with E-state index in [2.05, 4.69) is 16.0 Å². The Balaban J connectivity index is 1.94. The molecule has 5 amide bonds. The second-order valence-corrected chi connectivity index (χ2v) is 15.7. The molecule has 1 aliphatic rings. The number of hydrogen-bond donors (Lipinski definition) is 4. The highest BCUT2D eigenvalue weighted by Crippen LogP contribution is 2.22. The van der Waals surface area contributed by atoms with Gasteiger partial charge in [-0.1, -0.05) is 26.3 Å². The lowest BCUT2D eigenvalue weighted by atomic mass is 9.97. The number of carbonyl (C=O) groups is 6. The minimum atomic E-state index is -4.05. The third-order valence-corrected chi connectivity index (χ3v) is 8.88. The summed E-state index contributed by atoms with van der Waals surface area (Å²) in [7, 11) is -4.05. The van der Waals surface area contributed by atoms with E-state index in [1.165, 1.54) is 19.1 Å². The van der Waals surface area contributed by atoms with E-state index in [4.69, 9.17) is 14.0 Å². The molecule has 0 aromatic heterocycles. The maximum Gasteiger partial charge on any atom is 0.311 e. The molecule has 0 aliphatic carbocycles. The number of imide groups is 1. The fraction of sp³-hybridized carbons (Fsp3) is 0.611. The summed E-state index contributed by atoms with van der Waals surface area (Å²) in [5.74, 6) is -3.06. The van der Waals surface area contributed by atoms with Crippen molar-refractivity contribution in [3.8, 4) is 0 Å². The summed E-state index contributed by atoms with van der Waals surface area (Å²) >= 11 is 0. The minimum Gasteiger partial charge on any atom is -0.460 e. The van der Waals surface area contributed by atoms with E-state index in [1.807, 2.05) is 0 Å². The molecule has 0 bridgehead atoms. The van der Waals surface area contributed by atoms with Gasteiger partial charge in [0.2, 0.25) is 17.7 Å². The number of benzene rings is 1. The van der Waals surface area contributed by atoms with Crippen molar-refractivity contribution in [1.82, 2.24) is 15.5 Å². The van der Waals surface area contributed by atoms with Crippen LogP contribution in [-0.2, 0) is 61.4 Å². The molecule has 290 valence electrons. The zero-order valence-electron chi connectivity index (χ0n) is 31.0. The molecule has 2 rings (SSSR count). The molecular weight excluding hydrogens is 696 g/mol. The Hall–Kier alpha value is -4.15. The Morgan fingerprint density at radius 3 is 2.13 bits per heavy atom. The van der Waals surface area contributed by atoms with Crippen molar-refractivity contribution in [2.45, 2.75) is 105 Å². The quantitative estimate of drug-likeness (QED) is 0.0585. The highest BCUT2D eigenvalue weighted by molar-refractivity contribution is 7.85. The molecule has 0 fully saturated rings. The fourth-order valence-electron chi connectivity index (χ4n) is 5.03. The lowest BCUT2D eigenvalue weighted by molar-refractivity contribution is -0.154. The maximum atomic E-state index is 13.2. The number of nitrogens with zero attached hydrogens (tertiary/aromatic N) is 1. The van der Waals surface area contributed by atoms with Gasteiger partial charge in [-0.15, -0.1) is 0 Å². The average molecular weight is 751 g/mol. The lowest BCUT2D eigenvalue weighted by Crippen LogP contribution is -2.53. The Morgan fingerprint density at radius 1 is 0.865 bits per heavy atom. The number of amides is 5. The van der Waals surface area contributed by atoms with E-state index in [0.29, 0.717) is 44.4 Å². The summed E-state index contributed by atoms with van der Waals surface area (Å²) in [4.78, 5) is 75.8. The predicted molar refractivity (Wildman–Crippen MR) is 193 cm³/mol. The number of carbonyl (C=O) groups excluding carboxylic acids is 6. The van der Waals surface area contributed by atoms with E-state index in [-0.39, 0.29) is 62.2 Å². The first kappa shape index (κ1) is 44.0. The summed E-state index contributed by atoms with van der Waals surface area (Å²) in [5, 5.41) is 8.22. The standard InChI is InChI=1S/C36H54N4O11S/c1-24(2)32(39-29(41)13-8-7-9-18-40-30(42)16-17-31(40)43)34(45)37-25(3)33(44)38-28-15-14-27(23-51-35(46)36(4,5)6)26(22-28)12-10-19-50-20-11-21-52(47,48)49/h14-17,22,24-25,32H,7-13,18-21,23H2,1-6H3,(H,37,45)(H,38,44)(H,39,41)(H,47,48,49)/t25-,32?/m0/s1. The first-order chi connectivity index (χ1) is 24.3. The van der Waals surface area contributed by atoms with Gasteiger partial charge < -0.3 is 25.4 Å². The number of anilines is 1. The number of ether oxygens (including phenoxy) is 2. The third-order valence-electron chi connectivity index (χ3n) is 8.07. The number of hydrogen-bond acceptors (Lipinski definition) is 10. The van der Waals surface area contributed by atoms with Crippen molar-refractivity contribution >= 4 is 51.3 Å². The largest absolute Gasteiger partial charge is 0.460 e. The van der Waals surface area contributed by atoms with Gasteiger partial charge in [0.25, 0.3) is 21.9 Å². The van der Waals surface area contributed by atoms with Crippen LogP contribution < -0.4 is 16.0 Å². The first-order valence-electron chi connectivity index (χ1n) is 17.5. The Kier molecular flexibility index (Phi) is 17.6. The first-order valence-corrected chi connectivity index (χ1v) is 19.2. The van der Waals surface area contributed by atoms with Gasteiger partial charge >= 0.3 is 5.97 Å². The van der Waals surface area contributed by atoms with Gasteiger partial charge in [0.05, 0.1) is 11.2 Å². The van der Waals surface area contributed by atoms with Crippen LogP contribution in [0.5, 0.6) is 0 Å². The van der Waals surface area contributed by atoms with Crippen LogP contribution in [0.1, 0.15) is 91.2 Å².